The second-order valence-corrected chi connectivity index (χ2v) is 11.8. The Bertz CT molecular complexity index is 1530. The molecule has 0 bridgehead atoms. The van der Waals surface area contributed by atoms with Gasteiger partial charge in [-0.1, -0.05) is 44.2 Å². The minimum absolute atomic E-state index is 0.0808. The molecule has 0 saturated heterocycles. The fourth-order valence-electron chi connectivity index (χ4n) is 5.89. The molecule has 0 aliphatic heterocycles. The largest absolute Gasteiger partial charge is 0.497 e. The zero-order valence-corrected chi connectivity index (χ0v) is 25.4. The Morgan fingerprint density at radius 1 is 0.860 bits per heavy atom. The monoisotopic (exact) mass is 583 g/mol. The maximum Gasteiger partial charge on any atom is 0.292 e. The van der Waals surface area contributed by atoms with Gasteiger partial charge in [0.15, 0.2) is 11.6 Å². The topological polar surface area (TPSA) is 116 Å². The zero-order valence-electron chi connectivity index (χ0n) is 25.4. The van der Waals surface area contributed by atoms with Crippen molar-refractivity contribution in [3.05, 3.63) is 89.0 Å². The fraction of sp³-hybridized carbons (Fsp3) is 0.343. The quantitative estimate of drug-likeness (QED) is 0.185. The Morgan fingerprint density at radius 2 is 1.40 bits per heavy atom. The van der Waals surface area contributed by atoms with Crippen molar-refractivity contribution in [2.24, 2.45) is 17.3 Å². The van der Waals surface area contributed by atoms with Crippen LogP contribution >= 0.6 is 0 Å². The van der Waals surface area contributed by atoms with E-state index < -0.39 is 40.6 Å². The van der Waals surface area contributed by atoms with Crippen LogP contribution < -0.4 is 14.8 Å². The van der Waals surface area contributed by atoms with Crippen molar-refractivity contribution < 1.29 is 33.4 Å². The molecule has 1 N–H and O–H groups in total. The first-order valence-corrected chi connectivity index (χ1v) is 14.2. The number of hydrogen-bond donors (Lipinski definition) is 1. The number of para-hydroxylation sites is 1. The Labute approximate surface area is 251 Å². The fourth-order valence-corrected chi connectivity index (χ4v) is 5.89. The van der Waals surface area contributed by atoms with E-state index in [1.54, 1.807) is 62.4 Å². The number of ketones is 4. The first-order valence-electron chi connectivity index (χ1n) is 14.2. The van der Waals surface area contributed by atoms with Gasteiger partial charge in [0.1, 0.15) is 17.3 Å². The molecule has 0 heterocycles. The van der Waals surface area contributed by atoms with Gasteiger partial charge < -0.3 is 14.8 Å². The smallest absolute Gasteiger partial charge is 0.292 e. The van der Waals surface area contributed by atoms with Crippen LogP contribution in [0.15, 0.2) is 66.7 Å². The molecule has 1 aliphatic rings. The van der Waals surface area contributed by atoms with E-state index in [9.17, 15) is 24.0 Å². The first-order chi connectivity index (χ1) is 20.4. The molecule has 224 valence electrons. The second kappa shape index (κ2) is 12.7. The number of hydrogen-bond acceptors (Lipinski definition) is 7. The molecule has 0 radical (unpaired) electrons. The molecule has 8 nitrogen and oxygen atoms in total. The standard InChI is InChI=1S/C35H37NO7/c1-20-8-7-9-21(2)30(20)36-34(41)33(40)29-32(39)27(28(37)19-35(29,3)4)18-26(22-10-14-24(42-5)15-11-22)31(38)23-12-16-25(43-6)17-13-23/h7-17,26-27,29H,18-19H2,1-6H3,(H,36,41). The Hall–Kier alpha value is -4.59. The summed E-state index contributed by atoms with van der Waals surface area (Å²) in [5.74, 6) is -5.33. The second-order valence-electron chi connectivity index (χ2n) is 11.8. The minimum atomic E-state index is -1.34. The third-order valence-corrected chi connectivity index (χ3v) is 8.31. The van der Waals surface area contributed by atoms with Crippen LogP contribution in [0, 0.1) is 31.1 Å². The van der Waals surface area contributed by atoms with E-state index in [-0.39, 0.29) is 24.4 Å². The maximum atomic E-state index is 14.0. The van der Waals surface area contributed by atoms with Gasteiger partial charge in [-0.05, 0) is 78.8 Å². The van der Waals surface area contributed by atoms with Gasteiger partial charge in [0.25, 0.3) is 5.91 Å². The summed E-state index contributed by atoms with van der Waals surface area (Å²) < 4.78 is 10.5. The van der Waals surface area contributed by atoms with Crippen molar-refractivity contribution >= 4 is 34.7 Å². The van der Waals surface area contributed by atoms with Crippen molar-refractivity contribution in [3.8, 4) is 11.5 Å². The van der Waals surface area contributed by atoms with E-state index in [1.165, 1.54) is 14.2 Å². The number of nitrogens with one attached hydrogen (secondary N) is 1. The predicted molar refractivity (Wildman–Crippen MR) is 163 cm³/mol. The van der Waals surface area contributed by atoms with Crippen LogP contribution in [0.5, 0.6) is 11.5 Å². The van der Waals surface area contributed by atoms with Gasteiger partial charge in [-0.3, -0.25) is 24.0 Å². The number of ether oxygens (including phenoxy) is 2. The predicted octanol–water partition coefficient (Wildman–Crippen LogP) is 5.69. The van der Waals surface area contributed by atoms with Crippen molar-refractivity contribution in [1.82, 2.24) is 0 Å². The summed E-state index contributed by atoms with van der Waals surface area (Å²) in [4.78, 5) is 68.2. The number of rotatable bonds is 10. The summed E-state index contributed by atoms with van der Waals surface area (Å²) in [7, 11) is 3.06. The molecule has 3 atom stereocenters. The highest BCUT2D eigenvalue weighted by Gasteiger charge is 2.53. The van der Waals surface area contributed by atoms with E-state index in [4.69, 9.17) is 9.47 Å². The third kappa shape index (κ3) is 6.58. The lowest BCUT2D eigenvalue weighted by molar-refractivity contribution is -0.153. The van der Waals surface area contributed by atoms with Gasteiger partial charge in [0.05, 0.1) is 26.1 Å². The molecular weight excluding hydrogens is 546 g/mol. The maximum absolute atomic E-state index is 14.0. The lowest BCUT2D eigenvalue weighted by atomic mass is 9.60. The molecule has 0 spiro atoms. The van der Waals surface area contributed by atoms with Crippen LogP contribution in [0.2, 0.25) is 0 Å². The molecule has 43 heavy (non-hydrogen) atoms. The zero-order chi connectivity index (χ0) is 31.5. The number of carbonyl (C=O) groups is 5. The number of benzene rings is 3. The highest BCUT2D eigenvalue weighted by atomic mass is 16.5. The number of aryl methyl sites for hydroxylation is 2. The molecule has 1 fully saturated rings. The van der Waals surface area contributed by atoms with Crippen molar-refractivity contribution in [2.75, 3.05) is 19.5 Å². The molecule has 1 saturated carbocycles. The van der Waals surface area contributed by atoms with Gasteiger partial charge in [-0.15, -0.1) is 0 Å². The molecule has 3 aromatic rings. The minimum Gasteiger partial charge on any atom is -0.497 e. The lowest BCUT2D eigenvalue weighted by Gasteiger charge is -2.39. The molecule has 0 aromatic heterocycles. The number of methoxy groups -OCH3 is 2. The van der Waals surface area contributed by atoms with E-state index >= 15 is 0 Å². The van der Waals surface area contributed by atoms with Crippen LogP contribution in [-0.2, 0) is 19.2 Å². The van der Waals surface area contributed by atoms with Crippen LogP contribution in [-0.4, -0.2) is 43.3 Å². The molecule has 1 amide bonds. The van der Waals surface area contributed by atoms with Crippen LogP contribution in [0.4, 0.5) is 5.69 Å². The Balaban J connectivity index is 1.66. The summed E-state index contributed by atoms with van der Waals surface area (Å²) in [6.45, 7) is 6.93. The molecule has 3 unspecified atom stereocenters. The van der Waals surface area contributed by atoms with Gasteiger partial charge >= 0.3 is 0 Å². The Kier molecular flexibility index (Phi) is 9.28. The van der Waals surface area contributed by atoms with Crippen molar-refractivity contribution in [1.29, 1.82) is 0 Å². The Morgan fingerprint density at radius 3 is 1.93 bits per heavy atom. The molecule has 4 rings (SSSR count). The average molecular weight is 584 g/mol. The number of amides is 1. The number of Topliss-reactive ketones (excluding diaryl/α,β-unsaturated/α-hetero) is 4. The lowest BCUT2D eigenvalue weighted by Crippen LogP contribution is -2.52. The summed E-state index contributed by atoms with van der Waals surface area (Å²) in [6, 6.07) is 19.0. The average Bonchev–Trinajstić information content (AvgIpc) is 2.98. The highest BCUT2D eigenvalue weighted by molar-refractivity contribution is 6.45. The van der Waals surface area contributed by atoms with Crippen LogP contribution in [0.1, 0.15) is 59.7 Å². The van der Waals surface area contributed by atoms with Gasteiger partial charge in [-0.25, -0.2) is 0 Å². The van der Waals surface area contributed by atoms with Crippen molar-refractivity contribution in [2.45, 2.75) is 46.5 Å². The summed E-state index contributed by atoms with van der Waals surface area (Å²) in [5.41, 5.74) is 1.99. The molecule has 8 heteroatoms. The van der Waals surface area contributed by atoms with E-state index in [2.05, 4.69) is 5.32 Å². The van der Waals surface area contributed by atoms with Crippen molar-refractivity contribution in [3.63, 3.8) is 0 Å². The molecule has 3 aromatic carbocycles. The van der Waals surface area contributed by atoms with Gasteiger partial charge in [0.2, 0.25) is 5.78 Å². The van der Waals surface area contributed by atoms with E-state index in [1.807, 2.05) is 32.0 Å². The summed E-state index contributed by atoms with van der Waals surface area (Å²) in [6.07, 6.45) is -0.213. The normalized spacial score (nSPS) is 18.5. The third-order valence-electron chi connectivity index (χ3n) is 8.31. The molecular formula is C35H37NO7. The summed E-state index contributed by atoms with van der Waals surface area (Å²) >= 11 is 0. The number of carbonyl (C=O) groups excluding carboxylic acids is 5. The summed E-state index contributed by atoms with van der Waals surface area (Å²) in [5, 5.41) is 2.68. The first kappa shape index (κ1) is 31.3. The molecule has 1 aliphatic carbocycles. The van der Waals surface area contributed by atoms with E-state index in [0.29, 0.717) is 28.3 Å². The van der Waals surface area contributed by atoms with Gasteiger partial charge in [-0.2, -0.15) is 0 Å². The SMILES string of the molecule is COc1ccc(C(=O)C(CC2C(=O)CC(C)(C)C(C(=O)C(=O)Nc3c(C)cccc3C)C2=O)c2ccc(OC)cc2)cc1. The van der Waals surface area contributed by atoms with Crippen LogP contribution in [0.25, 0.3) is 0 Å². The van der Waals surface area contributed by atoms with Crippen LogP contribution in [0.3, 0.4) is 0 Å². The highest BCUT2D eigenvalue weighted by Crippen LogP contribution is 2.43. The number of anilines is 1. The van der Waals surface area contributed by atoms with E-state index in [0.717, 1.165) is 11.1 Å². The van der Waals surface area contributed by atoms with Gasteiger partial charge in [0, 0.05) is 23.6 Å².